The Bertz CT molecular complexity index is 2040. The lowest BCUT2D eigenvalue weighted by Gasteiger charge is -2.14. The van der Waals surface area contributed by atoms with Gasteiger partial charge in [0.15, 0.2) is 23.9 Å². The molecule has 0 saturated carbocycles. The van der Waals surface area contributed by atoms with Crippen LogP contribution in [-0.2, 0) is 4.79 Å². The van der Waals surface area contributed by atoms with E-state index in [0.717, 1.165) is 10.1 Å². The summed E-state index contributed by atoms with van der Waals surface area (Å²) in [7, 11) is 1.43. The molecule has 6 rings (SSSR count). The third-order valence-corrected chi connectivity index (χ3v) is 6.67. The fourth-order valence-electron chi connectivity index (χ4n) is 4.46. The molecule has 9 nitrogen and oxygen atoms in total. The zero-order valence-corrected chi connectivity index (χ0v) is 23.3. The number of fused-ring (bicyclic) bond motifs is 2. The number of amides is 1. The van der Waals surface area contributed by atoms with Crippen LogP contribution in [0.2, 0.25) is 5.02 Å². The molecule has 214 valence electrons. The van der Waals surface area contributed by atoms with Gasteiger partial charge in [-0.25, -0.2) is 9.37 Å². The second kappa shape index (κ2) is 11.8. The third kappa shape index (κ3) is 5.81. The maximum Gasteiger partial charge on any atom is 0.282 e. The summed E-state index contributed by atoms with van der Waals surface area (Å²) in [6, 6.07) is 24.6. The average molecular weight is 597 g/mol. The Morgan fingerprint density at radius 3 is 2.63 bits per heavy atom. The third-order valence-electron chi connectivity index (χ3n) is 6.46. The second-order valence-electron chi connectivity index (χ2n) is 9.33. The number of halogens is 2. The van der Waals surface area contributed by atoms with Gasteiger partial charge in [0.05, 0.1) is 24.2 Å². The fourth-order valence-corrected chi connectivity index (χ4v) is 4.68. The molecule has 0 saturated heterocycles. The minimum atomic E-state index is -0.492. The van der Waals surface area contributed by atoms with E-state index in [0.29, 0.717) is 38.5 Å². The SMILES string of the molecule is COc1cc(Cl)cc(C=Nn2c(-c3cc4ccccc4o3)nc3ccccc3c2=O)c1OCC(=O)Nc1ccc(F)cc1. The Labute approximate surface area is 248 Å². The highest BCUT2D eigenvalue weighted by Crippen LogP contribution is 2.34. The fraction of sp³-hybridized carbons (Fsp3) is 0.0625. The Kier molecular flexibility index (Phi) is 7.59. The van der Waals surface area contributed by atoms with Crippen molar-refractivity contribution in [3.05, 3.63) is 118 Å². The molecule has 43 heavy (non-hydrogen) atoms. The summed E-state index contributed by atoms with van der Waals surface area (Å²) < 4.78 is 31.7. The van der Waals surface area contributed by atoms with Crippen molar-refractivity contribution < 1.29 is 23.1 Å². The van der Waals surface area contributed by atoms with E-state index in [1.54, 1.807) is 36.4 Å². The number of carbonyl (C=O) groups is 1. The van der Waals surface area contributed by atoms with Crippen LogP contribution in [0, 0.1) is 5.82 Å². The van der Waals surface area contributed by atoms with Crippen molar-refractivity contribution in [2.45, 2.75) is 0 Å². The molecule has 1 amide bonds. The zero-order chi connectivity index (χ0) is 29.9. The van der Waals surface area contributed by atoms with Crippen LogP contribution in [0.3, 0.4) is 0 Å². The first-order valence-electron chi connectivity index (χ1n) is 13.0. The smallest absolute Gasteiger partial charge is 0.282 e. The highest BCUT2D eigenvalue weighted by Gasteiger charge is 2.18. The van der Waals surface area contributed by atoms with Crippen molar-refractivity contribution in [1.29, 1.82) is 0 Å². The highest BCUT2D eigenvalue weighted by atomic mass is 35.5. The van der Waals surface area contributed by atoms with Crippen LogP contribution in [0.4, 0.5) is 10.1 Å². The number of ether oxygens (including phenoxy) is 2. The largest absolute Gasteiger partial charge is 0.493 e. The van der Waals surface area contributed by atoms with E-state index >= 15 is 0 Å². The lowest BCUT2D eigenvalue weighted by atomic mass is 10.2. The van der Waals surface area contributed by atoms with Gasteiger partial charge in [0.25, 0.3) is 11.5 Å². The number of nitrogens with zero attached hydrogens (tertiary/aromatic N) is 3. The van der Waals surface area contributed by atoms with Gasteiger partial charge in [0, 0.05) is 27.7 Å². The number of furan rings is 1. The minimum Gasteiger partial charge on any atom is -0.493 e. The van der Waals surface area contributed by atoms with Crippen molar-refractivity contribution >= 4 is 51.3 Å². The molecule has 0 bridgehead atoms. The average Bonchev–Trinajstić information content (AvgIpc) is 3.45. The standard InChI is InChI=1S/C32H22ClFN4O5/c1-41-27-16-21(33)14-20(30(27)42-18-29(39)36-23-12-10-22(34)11-13-23)17-35-38-31(28-15-19-6-2-5-9-26(19)43-28)37-25-8-4-3-7-24(25)32(38)40/h2-17H,18H2,1H3,(H,36,39). The molecular formula is C32H22ClFN4O5. The first kappa shape index (κ1) is 27.7. The number of carbonyl (C=O) groups excluding carboxylic acids is 1. The van der Waals surface area contributed by atoms with E-state index in [1.165, 1.54) is 43.7 Å². The van der Waals surface area contributed by atoms with Gasteiger partial charge in [0.2, 0.25) is 5.82 Å². The summed E-state index contributed by atoms with van der Waals surface area (Å²) in [5, 5.41) is 8.61. The van der Waals surface area contributed by atoms with E-state index in [2.05, 4.69) is 15.4 Å². The first-order valence-corrected chi connectivity index (χ1v) is 13.4. The van der Waals surface area contributed by atoms with Gasteiger partial charge in [-0.15, -0.1) is 0 Å². The Balaban J connectivity index is 1.39. The van der Waals surface area contributed by atoms with Crippen LogP contribution >= 0.6 is 11.6 Å². The number of hydrogen-bond acceptors (Lipinski definition) is 7. The van der Waals surface area contributed by atoms with E-state index in [4.69, 9.17) is 25.5 Å². The van der Waals surface area contributed by atoms with Crippen LogP contribution in [-0.4, -0.2) is 35.5 Å². The quantitative estimate of drug-likeness (QED) is 0.201. The number of methoxy groups -OCH3 is 1. The predicted octanol–water partition coefficient (Wildman–Crippen LogP) is 6.51. The molecular weight excluding hydrogens is 575 g/mol. The maximum atomic E-state index is 13.7. The van der Waals surface area contributed by atoms with E-state index in [1.807, 2.05) is 24.3 Å². The van der Waals surface area contributed by atoms with Gasteiger partial charge in [-0.2, -0.15) is 9.78 Å². The van der Waals surface area contributed by atoms with E-state index < -0.39 is 23.9 Å². The molecule has 0 fully saturated rings. The lowest BCUT2D eigenvalue weighted by molar-refractivity contribution is -0.118. The number of hydrogen-bond donors (Lipinski definition) is 1. The van der Waals surface area contributed by atoms with Crippen molar-refractivity contribution in [3.63, 3.8) is 0 Å². The Morgan fingerprint density at radius 1 is 1.07 bits per heavy atom. The summed E-state index contributed by atoms with van der Waals surface area (Å²) in [5.41, 5.74) is 1.42. The molecule has 2 aromatic heterocycles. The summed E-state index contributed by atoms with van der Waals surface area (Å²) in [6.07, 6.45) is 1.37. The highest BCUT2D eigenvalue weighted by molar-refractivity contribution is 6.31. The van der Waals surface area contributed by atoms with Crippen LogP contribution in [0.5, 0.6) is 11.5 Å². The number of anilines is 1. The van der Waals surface area contributed by atoms with Gasteiger partial charge in [-0.1, -0.05) is 41.9 Å². The maximum absolute atomic E-state index is 13.7. The molecule has 0 spiro atoms. The van der Waals surface area contributed by atoms with Crippen molar-refractivity contribution in [2.24, 2.45) is 5.10 Å². The number of aromatic nitrogens is 2. The molecule has 4 aromatic carbocycles. The molecule has 0 aliphatic rings. The molecule has 11 heteroatoms. The Hall–Kier alpha value is -5.48. The molecule has 0 aliphatic carbocycles. The monoisotopic (exact) mass is 596 g/mol. The van der Waals surface area contributed by atoms with Crippen LogP contribution in [0.25, 0.3) is 33.5 Å². The van der Waals surface area contributed by atoms with Gasteiger partial charge in [-0.3, -0.25) is 9.59 Å². The molecule has 0 unspecified atom stereocenters. The molecule has 0 atom stereocenters. The van der Waals surface area contributed by atoms with Crippen LogP contribution in [0.1, 0.15) is 5.56 Å². The molecule has 1 N–H and O–H groups in total. The molecule has 0 aliphatic heterocycles. The normalized spacial score (nSPS) is 11.3. The van der Waals surface area contributed by atoms with Crippen molar-refractivity contribution in [2.75, 3.05) is 19.0 Å². The first-order chi connectivity index (χ1) is 20.9. The van der Waals surface area contributed by atoms with Crippen LogP contribution in [0.15, 0.2) is 105 Å². The van der Waals surface area contributed by atoms with Gasteiger partial charge >= 0.3 is 0 Å². The second-order valence-corrected chi connectivity index (χ2v) is 9.77. The number of para-hydroxylation sites is 2. The summed E-state index contributed by atoms with van der Waals surface area (Å²) >= 11 is 6.34. The predicted molar refractivity (Wildman–Crippen MR) is 163 cm³/mol. The molecule has 2 heterocycles. The number of benzene rings is 4. The number of nitrogens with one attached hydrogen (secondary N) is 1. The lowest BCUT2D eigenvalue weighted by Crippen LogP contribution is -2.21. The minimum absolute atomic E-state index is 0.164. The summed E-state index contributed by atoms with van der Waals surface area (Å²) in [6.45, 7) is -0.405. The van der Waals surface area contributed by atoms with Gasteiger partial charge in [-0.05, 0) is 54.6 Å². The summed E-state index contributed by atoms with van der Waals surface area (Å²) in [5.74, 6) is 0.0222. The Morgan fingerprint density at radius 2 is 1.84 bits per heavy atom. The van der Waals surface area contributed by atoms with E-state index in [-0.39, 0.29) is 17.3 Å². The van der Waals surface area contributed by atoms with Crippen molar-refractivity contribution in [1.82, 2.24) is 9.66 Å². The zero-order valence-electron chi connectivity index (χ0n) is 22.6. The van der Waals surface area contributed by atoms with Gasteiger partial charge in [0.1, 0.15) is 11.4 Å². The topological polar surface area (TPSA) is 108 Å². The molecule has 6 aromatic rings. The van der Waals surface area contributed by atoms with Gasteiger partial charge < -0.3 is 19.2 Å². The van der Waals surface area contributed by atoms with Crippen molar-refractivity contribution in [3.8, 4) is 23.1 Å². The number of rotatable bonds is 8. The summed E-state index contributed by atoms with van der Waals surface area (Å²) in [4.78, 5) is 30.9. The molecule has 0 radical (unpaired) electrons. The van der Waals surface area contributed by atoms with E-state index in [9.17, 15) is 14.0 Å². The van der Waals surface area contributed by atoms with Crippen LogP contribution < -0.4 is 20.3 Å².